The molecule has 35 heavy (non-hydrogen) atoms. The minimum absolute atomic E-state index is 0.0145. The van der Waals surface area contributed by atoms with Crippen molar-refractivity contribution in [1.82, 2.24) is 15.5 Å². The molecule has 8 nitrogen and oxygen atoms in total. The summed E-state index contributed by atoms with van der Waals surface area (Å²) in [7, 11) is 0. The van der Waals surface area contributed by atoms with Crippen molar-refractivity contribution in [1.29, 1.82) is 5.26 Å². The fourth-order valence-electron chi connectivity index (χ4n) is 5.29. The Labute approximate surface area is 204 Å². The van der Waals surface area contributed by atoms with Crippen molar-refractivity contribution in [2.24, 2.45) is 0 Å². The summed E-state index contributed by atoms with van der Waals surface area (Å²) in [6.45, 7) is 0.933. The third-order valence-electron chi connectivity index (χ3n) is 7.18. The average Bonchev–Trinajstić information content (AvgIpc) is 3.19. The Morgan fingerprint density at radius 1 is 1.09 bits per heavy atom. The Hall–Kier alpha value is -3.70. The van der Waals surface area contributed by atoms with E-state index in [-0.39, 0.29) is 30.4 Å². The van der Waals surface area contributed by atoms with Crippen LogP contribution in [0, 0.1) is 11.3 Å². The molecule has 3 aliphatic rings. The van der Waals surface area contributed by atoms with Gasteiger partial charge in [0.2, 0.25) is 11.8 Å². The number of amides is 3. The minimum Gasteiger partial charge on any atom is -0.489 e. The first kappa shape index (κ1) is 23.1. The zero-order valence-corrected chi connectivity index (χ0v) is 19.5. The summed E-state index contributed by atoms with van der Waals surface area (Å²) in [5, 5.41) is 15.3. The molecule has 0 aromatic heterocycles. The summed E-state index contributed by atoms with van der Waals surface area (Å²) >= 11 is 0. The van der Waals surface area contributed by atoms with Gasteiger partial charge in [0.05, 0.1) is 11.6 Å². The second-order valence-corrected chi connectivity index (χ2v) is 9.42. The van der Waals surface area contributed by atoms with Gasteiger partial charge in [0.25, 0.3) is 5.91 Å². The molecule has 0 bridgehead atoms. The molecular weight excluding hydrogens is 444 g/mol. The number of imide groups is 1. The van der Waals surface area contributed by atoms with Gasteiger partial charge in [0, 0.05) is 31.1 Å². The molecule has 1 saturated carbocycles. The van der Waals surface area contributed by atoms with Crippen LogP contribution in [0.15, 0.2) is 42.5 Å². The third-order valence-corrected chi connectivity index (χ3v) is 7.18. The summed E-state index contributed by atoms with van der Waals surface area (Å²) in [4.78, 5) is 38.3. The number of carbonyl (C=O) groups is 3. The lowest BCUT2D eigenvalue weighted by Gasteiger charge is -2.33. The molecule has 2 heterocycles. The van der Waals surface area contributed by atoms with E-state index in [4.69, 9.17) is 4.74 Å². The van der Waals surface area contributed by atoms with Crippen LogP contribution >= 0.6 is 0 Å². The first-order valence-corrected chi connectivity index (χ1v) is 12.2. The van der Waals surface area contributed by atoms with E-state index in [1.165, 1.54) is 0 Å². The SMILES string of the molecule is N#Cc1ccccc1CN[C@@H]1CCCC[C@@H]1Oc1ccc2c(c1)CN(C1CCC(=O)NC1=O)C2=O. The fraction of sp³-hybridized carbons (Fsp3) is 0.407. The van der Waals surface area contributed by atoms with Gasteiger partial charge in [-0.05, 0) is 61.1 Å². The van der Waals surface area contributed by atoms with Crippen LogP contribution in [0.1, 0.15) is 65.6 Å². The molecule has 0 spiro atoms. The van der Waals surface area contributed by atoms with Crippen molar-refractivity contribution >= 4 is 17.7 Å². The minimum atomic E-state index is -0.625. The van der Waals surface area contributed by atoms with E-state index >= 15 is 0 Å². The Morgan fingerprint density at radius 2 is 1.91 bits per heavy atom. The van der Waals surface area contributed by atoms with Gasteiger partial charge in [-0.2, -0.15) is 5.26 Å². The van der Waals surface area contributed by atoms with Gasteiger partial charge < -0.3 is 15.0 Å². The number of carbonyl (C=O) groups excluding carboxylic acids is 3. The van der Waals surface area contributed by atoms with Crippen molar-refractivity contribution in [3.63, 3.8) is 0 Å². The quantitative estimate of drug-likeness (QED) is 0.626. The summed E-state index contributed by atoms with van der Waals surface area (Å²) in [5.74, 6) is -0.182. The van der Waals surface area contributed by atoms with Gasteiger partial charge >= 0.3 is 0 Å². The summed E-state index contributed by atoms with van der Waals surface area (Å²) < 4.78 is 6.41. The number of nitrogens with one attached hydrogen (secondary N) is 2. The second kappa shape index (κ2) is 9.88. The highest BCUT2D eigenvalue weighted by Gasteiger charge is 2.39. The molecule has 1 unspecified atom stereocenters. The maximum Gasteiger partial charge on any atom is 0.255 e. The molecule has 2 aromatic rings. The van der Waals surface area contributed by atoms with E-state index in [2.05, 4.69) is 16.7 Å². The van der Waals surface area contributed by atoms with E-state index in [9.17, 15) is 19.6 Å². The highest BCUT2D eigenvalue weighted by molar-refractivity contribution is 6.05. The van der Waals surface area contributed by atoms with Crippen molar-refractivity contribution in [2.45, 2.75) is 69.8 Å². The number of hydrogen-bond donors (Lipinski definition) is 2. The molecular formula is C27H28N4O4. The molecule has 8 heteroatoms. The number of piperidine rings is 1. The Balaban J connectivity index is 1.26. The number of ether oxygens (including phenoxy) is 1. The highest BCUT2D eigenvalue weighted by Crippen LogP contribution is 2.32. The number of fused-ring (bicyclic) bond motifs is 1. The number of nitriles is 1. The number of hydrogen-bond acceptors (Lipinski definition) is 6. The second-order valence-electron chi connectivity index (χ2n) is 9.42. The smallest absolute Gasteiger partial charge is 0.255 e. The molecule has 2 N–H and O–H groups in total. The molecule has 3 atom stereocenters. The molecule has 2 aromatic carbocycles. The standard InChI is InChI=1S/C27H28N4O4/c28-14-17-5-1-2-6-18(17)15-29-22-7-3-4-8-24(22)35-20-9-10-21-19(13-20)16-31(27(21)34)23-11-12-25(32)30-26(23)33/h1-2,5-6,9-10,13,22-24,29H,3-4,7-8,11-12,15-16H2,(H,30,32,33)/t22-,23?,24+/m1/s1. The van der Waals surface area contributed by atoms with Gasteiger partial charge in [-0.15, -0.1) is 0 Å². The maximum absolute atomic E-state index is 12.9. The highest BCUT2D eigenvalue weighted by atomic mass is 16.5. The first-order chi connectivity index (χ1) is 17.0. The van der Waals surface area contributed by atoms with E-state index in [1.54, 1.807) is 11.0 Å². The van der Waals surface area contributed by atoms with Crippen molar-refractivity contribution < 1.29 is 19.1 Å². The van der Waals surface area contributed by atoms with Crippen LogP contribution in [-0.4, -0.2) is 40.8 Å². The summed E-state index contributed by atoms with van der Waals surface area (Å²) in [6.07, 6.45) is 4.70. The Kier molecular flexibility index (Phi) is 6.51. The van der Waals surface area contributed by atoms with E-state index < -0.39 is 11.9 Å². The molecule has 1 saturated heterocycles. The average molecular weight is 473 g/mol. The van der Waals surface area contributed by atoms with Gasteiger partial charge in [-0.1, -0.05) is 24.6 Å². The monoisotopic (exact) mass is 472 g/mol. The van der Waals surface area contributed by atoms with Gasteiger partial charge in [-0.3, -0.25) is 19.7 Å². The van der Waals surface area contributed by atoms with Gasteiger partial charge in [0.1, 0.15) is 17.9 Å². The normalized spacial score (nSPS) is 24.0. The van der Waals surface area contributed by atoms with E-state index in [0.29, 0.717) is 36.4 Å². The lowest BCUT2D eigenvalue weighted by Crippen LogP contribution is -2.52. The van der Waals surface area contributed by atoms with Crippen LogP contribution in [-0.2, 0) is 22.7 Å². The Morgan fingerprint density at radius 3 is 2.74 bits per heavy atom. The number of rotatable bonds is 6. The van der Waals surface area contributed by atoms with Gasteiger partial charge in [0.15, 0.2) is 0 Å². The first-order valence-electron chi connectivity index (χ1n) is 12.2. The van der Waals surface area contributed by atoms with Crippen molar-refractivity contribution in [3.8, 4) is 11.8 Å². The van der Waals surface area contributed by atoms with Crippen LogP contribution in [0.4, 0.5) is 0 Å². The summed E-state index contributed by atoms with van der Waals surface area (Å²) in [5.41, 5.74) is 3.06. The van der Waals surface area contributed by atoms with Crippen LogP contribution < -0.4 is 15.4 Å². The van der Waals surface area contributed by atoms with Crippen LogP contribution in [0.2, 0.25) is 0 Å². The van der Waals surface area contributed by atoms with Gasteiger partial charge in [-0.25, -0.2) is 0 Å². The van der Waals surface area contributed by atoms with Crippen LogP contribution in [0.3, 0.4) is 0 Å². The fourth-order valence-corrected chi connectivity index (χ4v) is 5.29. The molecule has 2 aliphatic heterocycles. The van der Waals surface area contributed by atoms with Crippen LogP contribution in [0.25, 0.3) is 0 Å². The van der Waals surface area contributed by atoms with Crippen molar-refractivity contribution in [3.05, 3.63) is 64.7 Å². The Bertz CT molecular complexity index is 1200. The molecule has 180 valence electrons. The lowest BCUT2D eigenvalue weighted by atomic mass is 9.92. The zero-order valence-electron chi connectivity index (χ0n) is 19.5. The van der Waals surface area contributed by atoms with Crippen LogP contribution in [0.5, 0.6) is 5.75 Å². The summed E-state index contributed by atoms with van der Waals surface area (Å²) in [6, 6.07) is 14.9. The van der Waals surface area contributed by atoms with E-state index in [1.807, 2.05) is 36.4 Å². The topological polar surface area (TPSA) is 112 Å². The maximum atomic E-state index is 12.9. The number of nitrogens with zero attached hydrogens (tertiary/aromatic N) is 2. The molecule has 2 fully saturated rings. The predicted octanol–water partition coefficient (Wildman–Crippen LogP) is 2.80. The van der Waals surface area contributed by atoms with Crippen molar-refractivity contribution in [2.75, 3.05) is 0 Å². The lowest BCUT2D eigenvalue weighted by molar-refractivity contribution is -0.136. The third kappa shape index (κ3) is 4.77. The molecule has 0 radical (unpaired) electrons. The molecule has 1 aliphatic carbocycles. The van der Waals surface area contributed by atoms with E-state index in [0.717, 1.165) is 36.8 Å². The number of benzene rings is 2. The largest absolute Gasteiger partial charge is 0.489 e. The molecule has 5 rings (SSSR count). The zero-order chi connectivity index (χ0) is 24.4. The predicted molar refractivity (Wildman–Crippen MR) is 127 cm³/mol. The molecule has 3 amide bonds.